The molecule has 0 saturated heterocycles. The Morgan fingerprint density at radius 3 is 2.34 bits per heavy atom. The van der Waals surface area contributed by atoms with Gasteiger partial charge in [0, 0.05) is 23.5 Å². The van der Waals surface area contributed by atoms with E-state index in [4.69, 9.17) is 9.47 Å². The third kappa shape index (κ3) is 5.29. The van der Waals surface area contributed by atoms with Crippen molar-refractivity contribution in [1.29, 1.82) is 0 Å². The number of nitrogens with zero attached hydrogens (tertiary/aromatic N) is 1. The fraction of sp³-hybridized carbons (Fsp3) is 0.100. The normalized spacial score (nSPS) is 12.5. The Morgan fingerprint density at radius 1 is 0.902 bits per heavy atom. The summed E-state index contributed by atoms with van der Waals surface area (Å²) in [6, 6.07) is 20.3. The van der Waals surface area contributed by atoms with Crippen molar-refractivity contribution >= 4 is 39.1 Å². The van der Waals surface area contributed by atoms with Gasteiger partial charge in [0.25, 0.3) is 0 Å². The van der Waals surface area contributed by atoms with Gasteiger partial charge < -0.3 is 24.1 Å². The molecule has 0 spiro atoms. The smallest absolute Gasteiger partial charge is 0.454 e. The molecule has 6 rings (SSSR count). The molecule has 1 N–H and O–H groups in total. The fourth-order valence-corrected chi connectivity index (χ4v) is 4.65. The average molecular weight is 560 g/mol. The van der Waals surface area contributed by atoms with Gasteiger partial charge in [0.1, 0.15) is 12.3 Å². The molecular formula is C30H19F3N2O6. The maximum absolute atomic E-state index is 13.6. The summed E-state index contributed by atoms with van der Waals surface area (Å²) >= 11 is 0. The first-order valence-corrected chi connectivity index (χ1v) is 12.3. The van der Waals surface area contributed by atoms with Crippen LogP contribution in [0.3, 0.4) is 0 Å². The van der Waals surface area contributed by atoms with Gasteiger partial charge in [-0.15, -0.1) is 13.2 Å². The maximum Gasteiger partial charge on any atom is 0.573 e. The third-order valence-electron chi connectivity index (χ3n) is 6.52. The van der Waals surface area contributed by atoms with E-state index in [0.29, 0.717) is 22.6 Å². The maximum atomic E-state index is 13.6. The van der Waals surface area contributed by atoms with Gasteiger partial charge in [0.2, 0.25) is 18.1 Å². The lowest BCUT2D eigenvalue weighted by Crippen LogP contribution is -2.24. The topological polar surface area (TPSA) is 95.9 Å². The number of hydrogen-bond acceptors (Lipinski definition) is 6. The molecule has 0 fully saturated rings. The summed E-state index contributed by atoms with van der Waals surface area (Å²) in [5, 5.41) is 4.51. The number of aromatic nitrogens is 1. The van der Waals surface area contributed by atoms with Gasteiger partial charge in [-0.3, -0.25) is 14.4 Å². The van der Waals surface area contributed by atoms with Gasteiger partial charge in [-0.1, -0.05) is 36.4 Å². The monoisotopic (exact) mass is 560 g/mol. The molecule has 2 heterocycles. The van der Waals surface area contributed by atoms with E-state index in [1.807, 2.05) is 24.3 Å². The standard InChI is InChI=1S/C30H19F3N2O6/c31-30(32,33)41-21-9-7-20(8-10-21)34-27(36)15-35-14-23(28(37)19-6-5-17-3-1-2-4-18(17)11-19)29(38)22-12-25-26(13-24(22)35)40-16-39-25/h1-14H,15-16H2,(H,34,36). The highest BCUT2D eigenvalue weighted by atomic mass is 19.4. The number of ketones is 1. The van der Waals surface area contributed by atoms with Crippen LogP contribution in [0.5, 0.6) is 17.2 Å². The number of fused-ring (bicyclic) bond motifs is 3. The van der Waals surface area contributed by atoms with Crippen molar-refractivity contribution in [2.75, 3.05) is 12.1 Å². The number of pyridine rings is 1. The molecular weight excluding hydrogens is 541 g/mol. The highest BCUT2D eigenvalue weighted by molar-refractivity contribution is 6.11. The Balaban J connectivity index is 1.35. The molecule has 0 bridgehead atoms. The van der Waals surface area contributed by atoms with Gasteiger partial charge >= 0.3 is 6.36 Å². The molecule has 4 aromatic carbocycles. The second kappa shape index (κ2) is 10.0. The average Bonchev–Trinajstić information content (AvgIpc) is 3.41. The molecule has 0 atom stereocenters. The number of carbonyl (C=O) groups is 2. The summed E-state index contributed by atoms with van der Waals surface area (Å²) in [4.78, 5) is 40.1. The number of rotatable bonds is 6. The van der Waals surface area contributed by atoms with Crippen LogP contribution in [0.2, 0.25) is 0 Å². The Kier molecular flexibility index (Phi) is 6.33. The van der Waals surface area contributed by atoms with E-state index in [0.717, 1.165) is 22.9 Å². The summed E-state index contributed by atoms with van der Waals surface area (Å²) in [6.45, 7) is -0.369. The number of carbonyl (C=O) groups excluding carboxylic acids is 2. The number of anilines is 1. The van der Waals surface area contributed by atoms with Gasteiger partial charge in [0.05, 0.1) is 16.5 Å². The number of alkyl halides is 3. The predicted octanol–water partition coefficient (Wildman–Crippen LogP) is 5.65. The third-order valence-corrected chi connectivity index (χ3v) is 6.52. The highest BCUT2D eigenvalue weighted by Gasteiger charge is 2.31. The molecule has 11 heteroatoms. The molecule has 0 aliphatic carbocycles. The zero-order chi connectivity index (χ0) is 28.7. The Labute approximate surface area is 229 Å². The Morgan fingerprint density at radius 2 is 1.61 bits per heavy atom. The first-order chi connectivity index (χ1) is 19.6. The molecule has 0 saturated carbocycles. The predicted molar refractivity (Wildman–Crippen MR) is 143 cm³/mol. The number of amides is 1. The van der Waals surface area contributed by atoms with E-state index in [1.54, 1.807) is 24.3 Å². The quantitative estimate of drug-likeness (QED) is 0.270. The van der Waals surface area contributed by atoms with Crippen molar-refractivity contribution in [1.82, 2.24) is 4.57 Å². The zero-order valence-electron chi connectivity index (χ0n) is 21.0. The molecule has 0 radical (unpaired) electrons. The van der Waals surface area contributed by atoms with Gasteiger partial charge in [-0.2, -0.15) is 0 Å². The van der Waals surface area contributed by atoms with Crippen molar-refractivity contribution < 1.29 is 37.0 Å². The van der Waals surface area contributed by atoms with Crippen LogP contribution in [0.4, 0.5) is 18.9 Å². The molecule has 1 aliphatic rings. The molecule has 1 aromatic heterocycles. The first-order valence-electron chi connectivity index (χ1n) is 12.3. The number of hydrogen-bond donors (Lipinski definition) is 1. The van der Waals surface area contributed by atoms with E-state index in [9.17, 15) is 27.6 Å². The summed E-state index contributed by atoms with van der Waals surface area (Å²) in [6.07, 6.45) is -3.52. The minimum Gasteiger partial charge on any atom is -0.454 e. The van der Waals surface area contributed by atoms with Crippen LogP contribution in [-0.2, 0) is 11.3 Å². The van der Waals surface area contributed by atoms with Gasteiger partial charge in [-0.05, 0) is 47.2 Å². The van der Waals surface area contributed by atoms with Gasteiger partial charge in [0.15, 0.2) is 17.3 Å². The minimum absolute atomic E-state index is 0.0444. The van der Waals surface area contributed by atoms with E-state index in [2.05, 4.69) is 10.1 Å². The van der Waals surface area contributed by atoms with E-state index in [-0.39, 0.29) is 30.0 Å². The molecule has 8 nitrogen and oxygen atoms in total. The van der Waals surface area contributed by atoms with Crippen LogP contribution in [0.25, 0.3) is 21.7 Å². The summed E-state index contributed by atoms with van der Waals surface area (Å²) in [7, 11) is 0. The lowest BCUT2D eigenvalue weighted by atomic mass is 9.99. The highest BCUT2D eigenvalue weighted by Crippen LogP contribution is 2.35. The second-order valence-corrected chi connectivity index (χ2v) is 9.23. The van der Waals surface area contributed by atoms with Crippen molar-refractivity contribution in [3.63, 3.8) is 0 Å². The second-order valence-electron chi connectivity index (χ2n) is 9.23. The molecule has 206 valence electrons. The first kappa shape index (κ1) is 25.9. The summed E-state index contributed by atoms with van der Waals surface area (Å²) in [5.41, 5.74) is 0.179. The van der Waals surface area contributed by atoms with Crippen molar-refractivity contribution in [2.45, 2.75) is 12.9 Å². The largest absolute Gasteiger partial charge is 0.573 e. The minimum atomic E-state index is -4.84. The molecule has 1 aliphatic heterocycles. The number of halogens is 3. The van der Waals surface area contributed by atoms with Crippen LogP contribution < -0.4 is 25.0 Å². The molecule has 5 aromatic rings. The molecule has 41 heavy (non-hydrogen) atoms. The number of nitrogens with one attached hydrogen (secondary N) is 1. The zero-order valence-corrected chi connectivity index (χ0v) is 21.0. The summed E-state index contributed by atoms with van der Waals surface area (Å²) < 4.78 is 53.5. The summed E-state index contributed by atoms with van der Waals surface area (Å²) in [5.74, 6) is -0.798. The van der Waals surface area contributed by atoms with E-state index in [1.165, 1.54) is 29.0 Å². The van der Waals surface area contributed by atoms with Crippen LogP contribution in [0, 0.1) is 0 Å². The van der Waals surface area contributed by atoms with E-state index >= 15 is 0 Å². The SMILES string of the molecule is O=C(Cn1cc(C(=O)c2ccc3ccccc3c2)c(=O)c2cc3c(cc21)OCO3)Nc1ccc(OC(F)(F)F)cc1. The van der Waals surface area contributed by atoms with Crippen LogP contribution >= 0.6 is 0 Å². The number of benzene rings is 4. The van der Waals surface area contributed by atoms with E-state index < -0.39 is 29.2 Å². The lowest BCUT2D eigenvalue weighted by Gasteiger charge is -2.15. The van der Waals surface area contributed by atoms with Gasteiger partial charge in [-0.25, -0.2) is 0 Å². The number of ether oxygens (including phenoxy) is 3. The van der Waals surface area contributed by atoms with Crippen molar-refractivity contribution in [3.8, 4) is 17.2 Å². The van der Waals surface area contributed by atoms with Crippen molar-refractivity contribution in [3.05, 3.63) is 106 Å². The van der Waals surface area contributed by atoms with Crippen LogP contribution in [0.15, 0.2) is 89.9 Å². The van der Waals surface area contributed by atoms with Crippen molar-refractivity contribution in [2.24, 2.45) is 0 Å². The molecule has 0 unspecified atom stereocenters. The van der Waals surface area contributed by atoms with Crippen LogP contribution in [-0.4, -0.2) is 29.4 Å². The van der Waals surface area contributed by atoms with Crippen LogP contribution in [0.1, 0.15) is 15.9 Å². The molecule has 1 amide bonds. The lowest BCUT2D eigenvalue weighted by molar-refractivity contribution is -0.274. The Bertz CT molecular complexity index is 1900. The fourth-order valence-electron chi connectivity index (χ4n) is 4.65. The Hall–Kier alpha value is -5.32.